The average Bonchev–Trinajstić information content (AvgIpc) is 2.19. The number of halogens is 6. The van der Waals surface area contributed by atoms with Crippen molar-refractivity contribution in [2.24, 2.45) is 0 Å². The van der Waals surface area contributed by atoms with E-state index >= 15 is 0 Å². The van der Waals surface area contributed by atoms with Gasteiger partial charge in [-0.3, -0.25) is 9.05 Å². The van der Waals surface area contributed by atoms with Crippen LogP contribution in [-0.2, 0) is 13.6 Å². The molecule has 4 nitrogen and oxygen atoms in total. The van der Waals surface area contributed by atoms with Gasteiger partial charge in [0.15, 0.2) is 13.2 Å². The Morgan fingerprint density at radius 1 is 1.00 bits per heavy atom. The molecule has 0 fully saturated rings. The molecule has 0 amide bonds. The van der Waals surface area contributed by atoms with Crippen LogP contribution >= 0.6 is 7.75 Å². The van der Waals surface area contributed by atoms with Crippen LogP contribution in [0.2, 0.25) is 0 Å². The summed E-state index contributed by atoms with van der Waals surface area (Å²) < 4.78 is 90.3. The minimum atomic E-state index is -4.81. The zero-order valence-electron chi connectivity index (χ0n) is 9.27. The number of rotatable bonds is 7. The summed E-state index contributed by atoms with van der Waals surface area (Å²) in [5.74, 6) is 0. The van der Waals surface area contributed by atoms with Crippen LogP contribution in [0.5, 0.6) is 0 Å². The van der Waals surface area contributed by atoms with Gasteiger partial charge in [-0.1, -0.05) is 6.92 Å². The van der Waals surface area contributed by atoms with E-state index in [1.165, 1.54) is 0 Å². The van der Waals surface area contributed by atoms with Gasteiger partial charge in [0.05, 0.1) is 0 Å². The van der Waals surface area contributed by atoms with E-state index in [1.807, 2.05) is 5.09 Å². The quantitative estimate of drug-likeness (QED) is 0.579. The maximum absolute atomic E-state index is 11.8. The fourth-order valence-corrected chi connectivity index (χ4v) is 2.08. The first-order chi connectivity index (χ1) is 7.97. The molecule has 0 aromatic carbocycles. The van der Waals surface area contributed by atoms with Gasteiger partial charge in [0.25, 0.3) is 0 Å². The van der Waals surface area contributed by atoms with E-state index in [2.05, 4.69) is 9.05 Å². The van der Waals surface area contributed by atoms with E-state index in [9.17, 15) is 30.9 Å². The van der Waals surface area contributed by atoms with Crippen LogP contribution in [0.25, 0.3) is 0 Å². The van der Waals surface area contributed by atoms with Crippen LogP contribution in [-0.4, -0.2) is 32.1 Å². The Hall–Kier alpha value is -0.310. The zero-order valence-corrected chi connectivity index (χ0v) is 10.2. The summed E-state index contributed by atoms with van der Waals surface area (Å²) in [5.41, 5.74) is 0. The van der Waals surface area contributed by atoms with E-state index in [4.69, 9.17) is 0 Å². The molecular weight excluding hydrogens is 291 g/mol. The number of hydrogen-bond acceptors (Lipinski definition) is 3. The van der Waals surface area contributed by atoms with Crippen LogP contribution in [0.15, 0.2) is 0 Å². The third kappa shape index (κ3) is 9.69. The molecule has 0 saturated heterocycles. The molecule has 11 heteroatoms. The van der Waals surface area contributed by atoms with Crippen molar-refractivity contribution in [1.82, 2.24) is 5.09 Å². The Labute approximate surface area is 99.2 Å². The second-order valence-electron chi connectivity index (χ2n) is 3.18. The summed E-state index contributed by atoms with van der Waals surface area (Å²) in [6.45, 7) is -2.45. The highest BCUT2D eigenvalue weighted by atomic mass is 31.2. The Balaban J connectivity index is 4.48. The van der Waals surface area contributed by atoms with E-state index in [1.54, 1.807) is 6.92 Å². The third-order valence-corrected chi connectivity index (χ3v) is 2.90. The molecule has 0 aliphatic carbocycles. The normalized spacial score (nSPS) is 13.9. The third-order valence-electron chi connectivity index (χ3n) is 1.35. The second-order valence-corrected chi connectivity index (χ2v) is 5.01. The monoisotopic (exact) mass is 303 g/mol. The number of alkyl halides is 6. The van der Waals surface area contributed by atoms with Crippen molar-refractivity contribution in [3.63, 3.8) is 0 Å². The summed E-state index contributed by atoms with van der Waals surface area (Å²) >= 11 is 0. The fourth-order valence-electron chi connectivity index (χ4n) is 0.694. The minimum absolute atomic E-state index is 0.104. The van der Waals surface area contributed by atoms with E-state index in [-0.39, 0.29) is 6.54 Å². The maximum Gasteiger partial charge on any atom is 0.412 e. The molecular formula is C7H12F6NO3P. The summed E-state index contributed by atoms with van der Waals surface area (Å²) in [5, 5.41) is 1.90. The van der Waals surface area contributed by atoms with Gasteiger partial charge in [-0.25, -0.2) is 9.65 Å². The molecule has 0 unspecified atom stereocenters. The number of nitrogens with one attached hydrogen (secondary N) is 1. The zero-order chi connectivity index (χ0) is 14.4. The van der Waals surface area contributed by atoms with Gasteiger partial charge in [0.1, 0.15) is 0 Å². The summed E-state index contributed by atoms with van der Waals surface area (Å²) in [7, 11) is -4.62. The molecule has 1 N–H and O–H groups in total. The lowest BCUT2D eigenvalue weighted by Crippen LogP contribution is -2.25. The minimum Gasteiger partial charge on any atom is -0.287 e. The predicted octanol–water partition coefficient (Wildman–Crippen LogP) is 3.25. The summed E-state index contributed by atoms with van der Waals surface area (Å²) in [6, 6.07) is 0. The van der Waals surface area contributed by atoms with Gasteiger partial charge < -0.3 is 0 Å². The predicted molar refractivity (Wildman–Crippen MR) is 49.9 cm³/mol. The van der Waals surface area contributed by atoms with Gasteiger partial charge in [-0.15, -0.1) is 0 Å². The second kappa shape index (κ2) is 6.74. The number of hydrogen-bond donors (Lipinski definition) is 1. The molecule has 0 aliphatic heterocycles. The molecule has 0 atom stereocenters. The molecule has 0 aromatic rings. The van der Waals surface area contributed by atoms with E-state index < -0.39 is 33.3 Å². The Morgan fingerprint density at radius 2 is 1.39 bits per heavy atom. The van der Waals surface area contributed by atoms with Crippen molar-refractivity contribution in [3.8, 4) is 0 Å². The maximum atomic E-state index is 11.8. The van der Waals surface area contributed by atoms with Crippen LogP contribution < -0.4 is 5.09 Å². The largest absolute Gasteiger partial charge is 0.412 e. The molecule has 110 valence electrons. The SMILES string of the molecule is CCCNP(=O)(OCC(F)(F)F)OCC(F)(F)F. The summed E-state index contributed by atoms with van der Waals surface area (Å²) in [4.78, 5) is 0. The van der Waals surface area contributed by atoms with Crippen LogP contribution in [0, 0.1) is 0 Å². The van der Waals surface area contributed by atoms with Gasteiger partial charge in [0.2, 0.25) is 0 Å². The van der Waals surface area contributed by atoms with Crippen molar-refractivity contribution < 1.29 is 40.0 Å². The summed E-state index contributed by atoms with van der Waals surface area (Å²) in [6.07, 6.45) is -9.30. The topological polar surface area (TPSA) is 47.6 Å². The Bertz CT molecular complexity index is 270. The standard InChI is InChI=1S/C7H12F6NO3P/c1-2-3-14-18(15,16-4-6(8,9)10)17-5-7(11,12)13/h2-5H2,1H3,(H,14,15). The lowest BCUT2D eigenvalue weighted by Gasteiger charge is -2.20. The van der Waals surface area contributed by atoms with Crippen molar-refractivity contribution >= 4 is 7.75 Å². The Kier molecular flexibility index (Phi) is 6.62. The first-order valence-corrected chi connectivity index (χ1v) is 6.29. The Morgan fingerprint density at radius 3 is 1.67 bits per heavy atom. The smallest absolute Gasteiger partial charge is 0.287 e. The lowest BCUT2D eigenvalue weighted by molar-refractivity contribution is -0.166. The molecule has 0 aromatic heterocycles. The van der Waals surface area contributed by atoms with Crippen LogP contribution in [0.3, 0.4) is 0 Å². The fraction of sp³-hybridized carbons (Fsp3) is 1.00. The van der Waals surface area contributed by atoms with Gasteiger partial charge >= 0.3 is 20.1 Å². The van der Waals surface area contributed by atoms with E-state index in [0.717, 1.165) is 0 Å². The molecule has 0 saturated carbocycles. The molecule has 0 rings (SSSR count). The molecule has 0 radical (unpaired) electrons. The highest BCUT2D eigenvalue weighted by molar-refractivity contribution is 7.51. The van der Waals surface area contributed by atoms with Crippen molar-refractivity contribution in [1.29, 1.82) is 0 Å². The van der Waals surface area contributed by atoms with Crippen molar-refractivity contribution in [2.45, 2.75) is 25.7 Å². The molecule has 0 bridgehead atoms. The van der Waals surface area contributed by atoms with E-state index in [0.29, 0.717) is 6.42 Å². The van der Waals surface area contributed by atoms with Crippen LogP contribution in [0.4, 0.5) is 26.3 Å². The molecule has 18 heavy (non-hydrogen) atoms. The van der Waals surface area contributed by atoms with Gasteiger partial charge in [0, 0.05) is 6.54 Å². The highest BCUT2D eigenvalue weighted by Crippen LogP contribution is 2.46. The molecule has 0 spiro atoms. The first-order valence-electron chi connectivity index (χ1n) is 4.75. The van der Waals surface area contributed by atoms with Crippen LogP contribution in [0.1, 0.15) is 13.3 Å². The highest BCUT2D eigenvalue weighted by Gasteiger charge is 2.38. The van der Waals surface area contributed by atoms with Gasteiger partial charge in [-0.05, 0) is 6.42 Å². The molecule has 0 aliphatic rings. The van der Waals surface area contributed by atoms with Gasteiger partial charge in [-0.2, -0.15) is 26.3 Å². The van der Waals surface area contributed by atoms with Crippen molar-refractivity contribution in [2.75, 3.05) is 19.8 Å². The van der Waals surface area contributed by atoms with Crippen molar-refractivity contribution in [3.05, 3.63) is 0 Å². The molecule has 0 heterocycles. The average molecular weight is 303 g/mol. The lowest BCUT2D eigenvalue weighted by atomic mass is 10.5. The first kappa shape index (κ1) is 17.7.